The van der Waals surface area contributed by atoms with Gasteiger partial charge in [0.25, 0.3) is 0 Å². The first-order valence-corrected chi connectivity index (χ1v) is 9.52. The second-order valence-electron chi connectivity index (χ2n) is 8.54. The highest BCUT2D eigenvalue weighted by atomic mass is 16.4. The van der Waals surface area contributed by atoms with Crippen LogP contribution in [0, 0.1) is 6.92 Å². The van der Waals surface area contributed by atoms with Crippen molar-refractivity contribution in [3.8, 4) is 0 Å². The number of hydrogen-bond donors (Lipinski definition) is 2. The van der Waals surface area contributed by atoms with Gasteiger partial charge < -0.3 is 15.7 Å². The monoisotopic (exact) mass is 370 g/mol. The van der Waals surface area contributed by atoms with Gasteiger partial charge in [0, 0.05) is 35.6 Å². The van der Waals surface area contributed by atoms with E-state index >= 15 is 0 Å². The van der Waals surface area contributed by atoms with Crippen LogP contribution in [0.1, 0.15) is 51.3 Å². The molecule has 1 fully saturated rings. The number of nitrogens with two attached hydrogens (primary N) is 1. The fourth-order valence-electron chi connectivity index (χ4n) is 4.07. The van der Waals surface area contributed by atoms with Gasteiger partial charge in [-0.1, -0.05) is 18.2 Å². The molecule has 1 unspecified atom stereocenters. The number of aromatic nitrogens is 1. The van der Waals surface area contributed by atoms with E-state index in [1.165, 1.54) is 4.90 Å². The second kappa shape index (κ2) is 7.00. The third-order valence-corrected chi connectivity index (χ3v) is 5.35. The number of carboxylic acid groups (broad SMARTS) is 1. The van der Waals surface area contributed by atoms with E-state index in [9.17, 15) is 9.90 Å². The number of pyridine rings is 1. The molecule has 1 aromatic carbocycles. The summed E-state index contributed by atoms with van der Waals surface area (Å²) >= 11 is 0. The van der Waals surface area contributed by atoms with Crippen LogP contribution < -0.4 is 10.6 Å². The van der Waals surface area contributed by atoms with Gasteiger partial charge >= 0.3 is 6.09 Å². The minimum absolute atomic E-state index is 0.126. The molecule has 146 valence electrons. The molecule has 3 rings (SSSR count). The third-order valence-electron chi connectivity index (χ3n) is 5.35. The van der Waals surface area contributed by atoms with E-state index < -0.39 is 11.6 Å². The minimum Gasteiger partial charge on any atom is -0.465 e. The Labute approximate surface area is 161 Å². The number of aryl methyl sites for hydroxylation is 1. The molecule has 1 amide bonds. The average molecular weight is 370 g/mol. The molecule has 0 saturated carbocycles. The van der Waals surface area contributed by atoms with Crippen molar-refractivity contribution in [3.63, 3.8) is 0 Å². The van der Waals surface area contributed by atoms with Crippen LogP contribution in [0.15, 0.2) is 24.3 Å². The van der Waals surface area contributed by atoms with Crippen LogP contribution in [0.2, 0.25) is 0 Å². The zero-order valence-corrected chi connectivity index (χ0v) is 16.9. The maximum atomic E-state index is 12.0. The topological polar surface area (TPSA) is 82.7 Å². The summed E-state index contributed by atoms with van der Waals surface area (Å²) in [7, 11) is 0. The molecule has 6 nitrogen and oxygen atoms in total. The molecule has 6 heteroatoms. The number of carbonyl (C=O) groups is 1. The zero-order chi connectivity index (χ0) is 19.9. The van der Waals surface area contributed by atoms with E-state index in [0.29, 0.717) is 0 Å². The average Bonchev–Trinajstić information content (AvgIpc) is 2.98. The number of fused-ring (bicyclic) bond motifs is 1. The first-order chi connectivity index (χ1) is 12.6. The first-order valence-electron chi connectivity index (χ1n) is 9.52. The van der Waals surface area contributed by atoms with Gasteiger partial charge in [-0.2, -0.15) is 0 Å². The quantitative estimate of drug-likeness (QED) is 0.856. The largest absolute Gasteiger partial charge is 0.465 e. The SMILES string of the molecule is Cc1cccc2cc(C(C)N(C(=O)O)C(C)(C)C)c(N3CC[C@H](N)C3)nc12. The van der Waals surface area contributed by atoms with E-state index in [-0.39, 0.29) is 12.1 Å². The highest BCUT2D eigenvalue weighted by molar-refractivity contribution is 5.85. The lowest BCUT2D eigenvalue weighted by Gasteiger charge is -2.39. The highest BCUT2D eigenvalue weighted by Crippen LogP contribution is 2.36. The number of para-hydroxylation sites is 1. The Kier molecular flexibility index (Phi) is 5.04. The Morgan fingerprint density at radius 1 is 1.41 bits per heavy atom. The molecule has 1 saturated heterocycles. The van der Waals surface area contributed by atoms with Gasteiger partial charge in [-0.05, 0) is 52.7 Å². The van der Waals surface area contributed by atoms with Gasteiger partial charge in [0.2, 0.25) is 0 Å². The zero-order valence-electron chi connectivity index (χ0n) is 16.9. The van der Waals surface area contributed by atoms with Gasteiger partial charge in [0.1, 0.15) is 5.82 Å². The first kappa shape index (κ1) is 19.4. The van der Waals surface area contributed by atoms with Crippen LogP contribution in [0.4, 0.5) is 10.6 Å². The smallest absolute Gasteiger partial charge is 0.408 e. The lowest BCUT2D eigenvalue weighted by atomic mass is 9.98. The maximum absolute atomic E-state index is 12.0. The van der Waals surface area contributed by atoms with Crippen molar-refractivity contribution in [1.82, 2.24) is 9.88 Å². The molecule has 3 N–H and O–H groups in total. The molecular formula is C21H30N4O2. The minimum atomic E-state index is -0.927. The lowest BCUT2D eigenvalue weighted by Crippen LogP contribution is -2.46. The Morgan fingerprint density at radius 2 is 2.11 bits per heavy atom. The van der Waals surface area contributed by atoms with Gasteiger partial charge in [-0.15, -0.1) is 0 Å². The molecule has 2 heterocycles. The van der Waals surface area contributed by atoms with Crippen LogP contribution in [0.25, 0.3) is 10.9 Å². The molecule has 0 bridgehead atoms. The summed E-state index contributed by atoms with van der Waals surface area (Å²) in [6.45, 7) is 11.3. The van der Waals surface area contributed by atoms with Gasteiger partial charge in [-0.25, -0.2) is 9.78 Å². The van der Waals surface area contributed by atoms with Crippen LogP contribution in [-0.2, 0) is 0 Å². The number of amides is 1. The van der Waals surface area contributed by atoms with Gasteiger partial charge in [-0.3, -0.25) is 4.90 Å². The standard InChI is InChI=1S/C21H30N4O2/c1-13-7-6-8-15-11-17(14(2)25(20(26)27)21(3,4)5)19(23-18(13)15)24-10-9-16(22)12-24/h6-8,11,14,16H,9-10,12,22H2,1-5H3,(H,26,27)/t14?,16-/m0/s1. The Hall–Kier alpha value is -2.34. The van der Waals surface area contributed by atoms with Crippen LogP contribution >= 0.6 is 0 Å². The Bertz CT molecular complexity index is 859. The molecule has 1 aliphatic rings. The van der Waals surface area contributed by atoms with Crippen molar-refractivity contribution in [2.75, 3.05) is 18.0 Å². The third kappa shape index (κ3) is 3.72. The molecule has 2 aromatic rings. The number of benzene rings is 1. The second-order valence-corrected chi connectivity index (χ2v) is 8.54. The van der Waals surface area contributed by atoms with E-state index in [1.807, 2.05) is 39.8 Å². The summed E-state index contributed by atoms with van der Waals surface area (Å²) in [4.78, 5) is 20.7. The molecule has 1 aliphatic heterocycles. The maximum Gasteiger partial charge on any atom is 0.408 e. The van der Waals surface area contributed by atoms with Crippen molar-refractivity contribution in [2.45, 2.75) is 58.7 Å². The molecule has 0 radical (unpaired) electrons. The predicted molar refractivity (Wildman–Crippen MR) is 109 cm³/mol. The van der Waals surface area contributed by atoms with Crippen molar-refractivity contribution < 1.29 is 9.90 Å². The normalized spacial score (nSPS) is 18.7. The van der Waals surface area contributed by atoms with Crippen molar-refractivity contribution in [3.05, 3.63) is 35.4 Å². The van der Waals surface area contributed by atoms with Crippen molar-refractivity contribution >= 4 is 22.8 Å². The van der Waals surface area contributed by atoms with Crippen LogP contribution in [0.5, 0.6) is 0 Å². The van der Waals surface area contributed by atoms with Gasteiger partial charge in [0.05, 0.1) is 11.6 Å². The molecule has 27 heavy (non-hydrogen) atoms. The van der Waals surface area contributed by atoms with Crippen LogP contribution in [-0.4, -0.2) is 45.8 Å². The molecular weight excluding hydrogens is 340 g/mol. The summed E-state index contributed by atoms with van der Waals surface area (Å²) in [6, 6.07) is 8.00. The highest BCUT2D eigenvalue weighted by Gasteiger charge is 2.34. The van der Waals surface area contributed by atoms with Crippen molar-refractivity contribution in [2.24, 2.45) is 5.73 Å². The summed E-state index contributed by atoms with van der Waals surface area (Å²) < 4.78 is 0. The van der Waals surface area contributed by atoms with E-state index in [4.69, 9.17) is 10.7 Å². The summed E-state index contributed by atoms with van der Waals surface area (Å²) in [5.41, 5.74) is 8.62. The predicted octanol–water partition coefficient (Wildman–Crippen LogP) is 3.92. The van der Waals surface area contributed by atoms with E-state index in [1.54, 1.807) is 0 Å². The summed E-state index contributed by atoms with van der Waals surface area (Å²) in [5, 5.41) is 10.9. The number of anilines is 1. The number of rotatable bonds is 3. The fourth-order valence-corrected chi connectivity index (χ4v) is 4.07. The summed E-state index contributed by atoms with van der Waals surface area (Å²) in [6.07, 6.45) is -0.00753. The van der Waals surface area contributed by atoms with E-state index in [0.717, 1.165) is 47.4 Å². The van der Waals surface area contributed by atoms with Crippen LogP contribution in [0.3, 0.4) is 0 Å². The van der Waals surface area contributed by atoms with Crippen molar-refractivity contribution in [1.29, 1.82) is 0 Å². The molecule has 1 aromatic heterocycles. The molecule has 2 atom stereocenters. The lowest BCUT2D eigenvalue weighted by molar-refractivity contribution is 0.0754. The fraction of sp³-hybridized carbons (Fsp3) is 0.524. The van der Waals surface area contributed by atoms with Gasteiger partial charge in [0.15, 0.2) is 0 Å². The molecule has 0 aliphatic carbocycles. The Morgan fingerprint density at radius 3 is 2.67 bits per heavy atom. The van der Waals surface area contributed by atoms with E-state index in [2.05, 4.69) is 24.0 Å². The Balaban J connectivity index is 2.18. The number of hydrogen-bond acceptors (Lipinski definition) is 4. The molecule has 0 spiro atoms. The number of nitrogens with zero attached hydrogens (tertiary/aromatic N) is 3. The summed E-state index contributed by atoms with van der Waals surface area (Å²) in [5.74, 6) is 0.854.